The predicted molar refractivity (Wildman–Crippen MR) is 146 cm³/mol. The number of hydrogen-bond acceptors (Lipinski definition) is 6. The minimum Gasteiger partial charge on any atom is -0.357 e. The van der Waals surface area contributed by atoms with E-state index < -0.39 is 29.6 Å². The maximum atomic E-state index is 13.3. The molecule has 1 unspecified atom stereocenters. The van der Waals surface area contributed by atoms with Crippen LogP contribution < -0.4 is 16.1 Å². The SMILES string of the molecule is CNC(=O)[C@@](C)(C(=O)NOC1CCCCO1)N(C)C(=O)c1ccc(C#Cc2ccc(CNC3CC3)cc2)cc1. The minimum absolute atomic E-state index is 0.315. The van der Waals surface area contributed by atoms with E-state index in [0.717, 1.165) is 35.4 Å². The van der Waals surface area contributed by atoms with Crippen LogP contribution in [0.25, 0.3) is 0 Å². The molecule has 0 radical (unpaired) electrons. The Labute approximate surface area is 229 Å². The molecule has 3 amide bonds. The van der Waals surface area contributed by atoms with Gasteiger partial charge in [0.1, 0.15) is 0 Å². The van der Waals surface area contributed by atoms with Crippen molar-refractivity contribution in [1.29, 1.82) is 0 Å². The van der Waals surface area contributed by atoms with Crippen molar-refractivity contribution in [3.63, 3.8) is 0 Å². The summed E-state index contributed by atoms with van der Waals surface area (Å²) < 4.78 is 5.46. The second kappa shape index (κ2) is 12.9. The van der Waals surface area contributed by atoms with Gasteiger partial charge in [-0.05, 0) is 74.6 Å². The third-order valence-corrected chi connectivity index (χ3v) is 7.12. The number of carbonyl (C=O) groups is 3. The molecule has 1 aliphatic heterocycles. The van der Waals surface area contributed by atoms with Gasteiger partial charge < -0.3 is 20.3 Å². The molecule has 2 fully saturated rings. The Morgan fingerprint density at radius 3 is 2.18 bits per heavy atom. The fourth-order valence-electron chi connectivity index (χ4n) is 4.17. The monoisotopic (exact) mass is 532 g/mol. The summed E-state index contributed by atoms with van der Waals surface area (Å²) in [4.78, 5) is 45.7. The van der Waals surface area contributed by atoms with Gasteiger partial charge in [0.15, 0.2) is 11.8 Å². The highest BCUT2D eigenvalue weighted by Gasteiger charge is 2.47. The molecular formula is C30H36N4O5. The number of carbonyl (C=O) groups excluding carboxylic acids is 3. The van der Waals surface area contributed by atoms with Crippen molar-refractivity contribution in [1.82, 2.24) is 21.0 Å². The molecule has 2 atom stereocenters. The molecule has 0 bridgehead atoms. The van der Waals surface area contributed by atoms with Crippen molar-refractivity contribution < 1.29 is 24.0 Å². The summed E-state index contributed by atoms with van der Waals surface area (Å²) in [5.74, 6) is 4.33. The van der Waals surface area contributed by atoms with Crippen LogP contribution in [0.1, 0.15) is 66.1 Å². The molecule has 0 spiro atoms. The van der Waals surface area contributed by atoms with Crippen LogP contribution in [0.15, 0.2) is 48.5 Å². The van der Waals surface area contributed by atoms with Gasteiger partial charge >= 0.3 is 0 Å². The molecule has 9 nitrogen and oxygen atoms in total. The van der Waals surface area contributed by atoms with Crippen LogP contribution in [0.3, 0.4) is 0 Å². The lowest BCUT2D eigenvalue weighted by Gasteiger charge is -2.36. The smallest absolute Gasteiger partial charge is 0.279 e. The van der Waals surface area contributed by atoms with Crippen molar-refractivity contribution >= 4 is 17.7 Å². The van der Waals surface area contributed by atoms with Crippen LogP contribution in [-0.2, 0) is 25.7 Å². The molecule has 1 saturated carbocycles. The lowest BCUT2D eigenvalue weighted by atomic mass is 9.96. The van der Waals surface area contributed by atoms with Gasteiger partial charge in [0, 0.05) is 56.4 Å². The summed E-state index contributed by atoms with van der Waals surface area (Å²) in [7, 11) is 2.81. The van der Waals surface area contributed by atoms with Gasteiger partial charge in [-0.15, -0.1) is 0 Å². The number of amides is 3. The highest BCUT2D eigenvalue weighted by molar-refractivity contribution is 6.12. The summed E-state index contributed by atoms with van der Waals surface area (Å²) in [6.45, 7) is 2.78. The molecule has 3 N–H and O–H groups in total. The van der Waals surface area contributed by atoms with Gasteiger partial charge in [0.05, 0.1) is 0 Å². The lowest BCUT2D eigenvalue weighted by Crippen LogP contribution is -2.65. The van der Waals surface area contributed by atoms with Crippen LogP contribution in [0, 0.1) is 11.8 Å². The zero-order chi connectivity index (χ0) is 27.8. The van der Waals surface area contributed by atoms with Crippen LogP contribution in [0.2, 0.25) is 0 Å². The third kappa shape index (κ3) is 7.24. The number of ether oxygens (including phenoxy) is 1. The summed E-state index contributed by atoms with van der Waals surface area (Å²) in [6, 6.07) is 15.5. The molecule has 1 aliphatic carbocycles. The Bertz CT molecular complexity index is 1220. The average Bonchev–Trinajstić information content (AvgIpc) is 3.82. The Morgan fingerprint density at radius 2 is 1.62 bits per heavy atom. The zero-order valence-corrected chi connectivity index (χ0v) is 22.7. The Morgan fingerprint density at radius 1 is 0.974 bits per heavy atom. The van der Waals surface area contributed by atoms with Crippen LogP contribution in [0.5, 0.6) is 0 Å². The van der Waals surface area contributed by atoms with Crippen molar-refractivity contribution in [2.45, 2.75) is 63.4 Å². The molecule has 206 valence electrons. The first-order valence-corrected chi connectivity index (χ1v) is 13.3. The van der Waals surface area contributed by atoms with Crippen LogP contribution in [-0.4, -0.2) is 61.2 Å². The minimum atomic E-state index is -1.86. The Balaban J connectivity index is 1.39. The van der Waals surface area contributed by atoms with Gasteiger partial charge in [-0.2, -0.15) is 0 Å². The maximum Gasteiger partial charge on any atom is 0.279 e. The van der Waals surface area contributed by atoms with E-state index in [1.165, 1.54) is 39.4 Å². The van der Waals surface area contributed by atoms with Crippen molar-refractivity contribution in [3.05, 3.63) is 70.8 Å². The van der Waals surface area contributed by atoms with E-state index in [-0.39, 0.29) is 0 Å². The summed E-state index contributed by atoms with van der Waals surface area (Å²) in [5.41, 5.74) is 3.63. The van der Waals surface area contributed by atoms with E-state index in [4.69, 9.17) is 9.57 Å². The number of hydroxylamine groups is 1. The van der Waals surface area contributed by atoms with E-state index in [1.54, 1.807) is 24.3 Å². The largest absolute Gasteiger partial charge is 0.357 e. The number of nitrogens with one attached hydrogen (secondary N) is 3. The standard InChI is InChI=1S/C30H36N4O5/c1-30(28(36)31-2,29(37)33-39-26-6-4-5-19-38-26)34(3)27(35)24-15-13-22(14-16-24)8-7-21-9-11-23(12-10-21)20-32-25-17-18-25/h9-16,25-26,32H,4-6,17-20H2,1-3H3,(H,31,36)(H,33,37)/t26?,30-/m0/s1. The second-order valence-electron chi connectivity index (χ2n) is 10.0. The van der Waals surface area contributed by atoms with Crippen molar-refractivity contribution in [2.75, 3.05) is 20.7 Å². The van der Waals surface area contributed by atoms with E-state index in [0.29, 0.717) is 24.6 Å². The normalized spacial score (nSPS) is 18.2. The first-order valence-electron chi connectivity index (χ1n) is 13.3. The van der Waals surface area contributed by atoms with Gasteiger partial charge in [0.2, 0.25) is 0 Å². The van der Waals surface area contributed by atoms with Gasteiger partial charge in [-0.25, -0.2) is 10.3 Å². The highest BCUT2D eigenvalue weighted by Crippen LogP contribution is 2.20. The molecule has 2 aromatic rings. The van der Waals surface area contributed by atoms with E-state index in [1.807, 2.05) is 12.1 Å². The first-order chi connectivity index (χ1) is 18.8. The van der Waals surface area contributed by atoms with E-state index >= 15 is 0 Å². The third-order valence-electron chi connectivity index (χ3n) is 7.12. The Kier molecular flexibility index (Phi) is 9.36. The molecule has 39 heavy (non-hydrogen) atoms. The summed E-state index contributed by atoms with van der Waals surface area (Å²) in [6.07, 6.45) is 4.40. The van der Waals surface area contributed by atoms with E-state index in [9.17, 15) is 14.4 Å². The van der Waals surface area contributed by atoms with Crippen LogP contribution in [0.4, 0.5) is 0 Å². The predicted octanol–water partition coefficient (Wildman–Crippen LogP) is 2.49. The van der Waals surface area contributed by atoms with E-state index in [2.05, 4.69) is 40.1 Å². The molecular weight excluding hydrogens is 496 g/mol. The molecule has 0 aromatic heterocycles. The number of nitrogens with zero attached hydrogens (tertiary/aromatic N) is 1. The Hall–Kier alpha value is -3.71. The fraction of sp³-hybridized carbons (Fsp3) is 0.433. The summed E-state index contributed by atoms with van der Waals surface area (Å²) in [5, 5.41) is 5.96. The first kappa shape index (κ1) is 28.3. The number of benzene rings is 2. The molecule has 1 heterocycles. The quantitative estimate of drug-likeness (QED) is 0.260. The maximum absolute atomic E-state index is 13.3. The number of likely N-dealkylation sites (N-methyl/N-ethyl adjacent to an activating group) is 2. The highest BCUT2D eigenvalue weighted by atomic mass is 16.8. The average molecular weight is 533 g/mol. The number of rotatable bonds is 9. The van der Waals surface area contributed by atoms with Crippen molar-refractivity contribution in [2.24, 2.45) is 0 Å². The van der Waals surface area contributed by atoms with Gasteiger partial charge in [0.25, 0.3) is 17.7 Å². The fourth-order valence-corrected chi connectivity index (χ4v) is 4.17. The lowest BCUT2D eigenvalue weighted by molar-refractivity contribution is -0.204. The number of hydrogen-bond donors (Lipinski definition) is 3. The topological polar surface area (TPSA) is 109 Å². The molecule has 2 aromatic carbocycles. The van der Waals surface area contributed by atoms with Crippen LogP contribution >= 0.6 is 0 Å². The molecule has 1 saturated heterocycles. The van der Waals surface area contributed by atoms with Gasteiger partial charge in [-0.1, -0.05) is 24.0 Å². The van der Waals surface area contributed by atoms with Gasteiger partial charge in [-0.3, -0.25) is 14.4 Å². The molecule has 9 heteroatoms. The van der Waals surface area contributed by atoms with Crippen molar-refractivity contribution in [3.8, 4) is 11.8 Å². The summed E-state index contributed by atoms with van der Waals surface area (Å²) >= 11 is 0. The molecule has 2 aliphatic rings. The second-order valence-corrected chi connectivity index (χ2v) is 10.0. The molecule has 4 rings (SSSR count). The zero-order valence-electron chi connectivity index (χ0n) is 22.7.